The average Bonchev–Trinajstić information content (AvgIpc) is 2.12. The lowest BCUT2D eigenvalue weighted by molar-refractivity contribution is -0.146. The van der Waals surface area contributed by atoms with E-state index in [0.717, 1.165) is 0 Å². The van der Waals surface area contributed by atoms with Crippen LogP contribution < -0.4 is 10.6 Å². The quantitative estimate of drug-likeness (QED) is 0.641. The van der Waals surface area contributed by atoms with E-state index >= 15 is 0 Å². The first-order chi connectivity index (χ1) is 7.54. The highest BCUT2D eigenvalue weighted by atomic mass is 19.4. The minimum absolute atomic E-state index is 0.144. The number of carbonyl (C=O) groups is 2. The second-order valence-corrected chi connectivity index (χ2v) is 4.18. The van der Waals surface area contributed by atoms with Crippen molar-refractivity contribution in [3.05, 3.63) is 0 Å². The van der Waals surface area contributed by atoms with E-state index in [4.69, 9.17) is 5.11 Å². The molecule has 0 aromatic rings. The fourth-order valence-electron chi connectivity index (χ4n) is 0.775. The molecular weight excluding hydrogens is 241 g/mol. The van der Waals surface area contributed by atoms with Gasteiger partial charge in [0.15, 0.2) is 0 Å². The Labute approximate surface area is 96.4 Å². The van der Waals surface area contributed by atoms with Crippen molar-refractivity contribution in [3.8, 4) is 0 Å². The number of carboxylic acids is 1. The SMILES string of the molecule is CC(C)(CNC(=O)CNCC(F)(F)F)C(=O)O. The molecule has 0 radical (unpaired) electrons. The van der Waals surface area contributed by atoms with E-state index in [2.05, 4.69) is 5.32 Å². The first-order valence-electron chi connectivity index (χ1n) is 4.82. The predicted octanol–water partition coefficient (Wildman–Crippen LogP) is 0.365. The molecule has 0 spiro atoms. The lowest BCUT2D eigenvalue weighted by atomic mass is 9.94. The summed E-state index contributed by atoms with van der Waals surface area (Å²) in [4.78, 5) is 21.7. The molecule has 0 heterocycles. The molecule has 17 heavy (non-hydrogen) atoms. The monoisotopic (exact) mass is 256 g/mol. The van der Waals surface area contributed by atoms with Crippen LogP contribution in [0.4, 0.5) is 13.2 Å². The van der Waals surface area contributed by atoms with E-state index in [9.17, 15) is 22.8 Å². The van der Waals surface area contributed by atoms with Crippen LogP contribution in [0.2, 0.25) is 0 Å². The second-order valence-electron chi connectivity index (χ2n) is 4.18. The summed E-state index contributed by atoms with van der Waals surface area (Å²) in [6.07, 6.45) is -4.37. The van der Waals surface area contributed by atoms with Gasteiger partial charge in [-0.3, -0.25) is 9.59 Å². The number of aliphatic carboxylic acids is 1. The molecule has 0 aliphatic heterocycles. The second kappa shape index (κ2) is 5.85. The van der Waals surface area contributed by atoms with Crippen molar-refractivity contribution in [2.75, 3.05) is 19.6 Å². The van der Waals surface area contributed by atoms with E-state index in [0.29, 0.717) is 0 Å². The van der Waals surface area contributed by atoms with E-state index < -0.39 is 36.6 Å². The molecule has 0 fully saturated rings. The van der Waals surface area contributed by atoms with Gasteiger partial charge in [0.05, 0.1) is 18.5 Å². The number of hydrogen-bond acceptors (Lipinski definition) is 3. The Morgan fingerprint density at radius 1 is 1.18 bits per heavy atom. The molecule has 0 rings (SSSR count). The van der Waals surface area contributed by atoms with Crippen molar-refractivity contribution in [2.24, 2.45) is 5.41 Å². The van der Waals surface area contributed by atoms with Gasteiger partial charge in [0.2, 0.25) is 5.91 Å². The largest absolute Gasteiger partial charge is 0.481 e. The summed E-state index contributed by atoms with van der Waals surface area (Å²) in [6, 6.07) is 0. The average molecular weight is 256 g/mol. The van der Waals surface area contributed by atoms with Gasteiger partial charge in [-0.25, -0.2) is 0 Å². The van der Waals surface area contributed by atoms with Crippen LogP contribution in [-0.2, 0) is 9.59 Å². The zero-order valence-corrected chi connectivity index (χ0v) is 9.52. The van der Waals surface area contributed by atoms with Crippen molar-refractivity contribution < 1.29 is 27.9 Å². The summed E-state index contributed by atoms with van der Waals surface area (Å²) in [7, 11) is 0. The molecule has 0 aliphatic rings. The van der Waals surface area contributed by atoms with Gasteiger partial charge in [0.1, 0.15) is 0 Å². The first kappa shape index (κ1) is 15.7. The van der Waals surface area contributed by atoms with Gasteiger partial charge >= 0.3 is 12.1 Å². The van der Waals surface area contributed by atoms with Gasteiger partial charge in [0, 0.05) is 6.54 Å². The van der Waals surface area contributed by atoms with Crippen LogP contribution in [0, 0.1) is 5.41 Å². The number of alkyl halides is 3. The molecule has 0 aromatic carbocycles. The van der Waals surface area contributed by atoms with Crippen LogP contribution in [0.1, 0.15) is 13.8 Å². The number of nitrogens with one attached hydrogen (secondary N) is 2. The number of carboxylic acid groups (broad SMARTS) is 1. The minimum Gasteiger partial charge on any atom is -0.481 e. The highest BCUT2D eigenvalue weighted by Gasteiger charge is 2.28. The smallest absolute Gasteiger partial charge is 0.401 e. The number of carbonyl (C=O) groups excluding carboxylic acids is 1. The molecule has 0 atom stereocenters. The van der Waals surface area contributed by atoms with E-state index in [1.165, 1.54) is 13.8 Å². The van der Waals surface area contributed by atoms with Crippen molar-refractivity contribution in [1.82, 2.24) is 10.6 Å². The third kappa shape index (κ3) is 7.56. The van der Waals surface area contributed by atoms with Gasteiger partial charge in [-0.2, -0.15) is 13.2 Å². The van der Waals surface area contributed by atoms with Crippen LogP contribution in [0.5, 0.6) is 0 Å². The number of hydrogen-bond donors (Lipinski definition) is 3. The lowest BCUT2D eigenvalue weighted by Crippen LogP contribution is -2.43. The fraction of sp³-hybridized carbons (Fsp3) is 0.778. The highest BCUT2D eigenvalue weighted by molar-refractivity contribution is 5.79. The maximum atomic E-state index is 11.7. The van der Waals surface area contributed by atoms with E-state index in [1.54, 1.807) is 0 Å². The van der Waals surface area contributed by atoms with Crippen LogP contribution in [0.25, 0.3) is 0 Å². The maximum absolute atomic E-state index is 11.7. The topological polar surface area (TPSA) is 78.4 Å². The Morgan fingerprint density at radius 3 is 2.12 bits per heavy atom. The van der Waals surface area contributed by atoms with Crippen molar-refractivity contribution in [1.29, 1.82) is 0 Å². The Morgan fingerprint density at radius 2 is 1.71 bits per heavy atom. The van der Waals surface area contributed by atoms with Crippen LogP contribution >= 0.6 is 0 Å². The Hall–Kier alpha value is -1.31. The molecular formula is C9H15F3N2O3. The summed E-state index contributed by atoms with van der Waals surface area (Å²) in [5, 5.41) is 12.9. The van der Waals surface area contributed by atoms with Gasteiger partial charge in [0.25, 0.3) is 0 Å². The summed E-state index contributed by atoms with van der Waals surface area (Å²) >= 11 is 0. The summed E-state index contributed by atoms with van der Waals surface area (Å²) < 4.78 is 35.1. The molecule has 0 unspecified atom stereocenters. The predicted molar refractivity (Wildman–Crippen MR) is 53.4 cm³/mol. The molecule has 0 saturated heterocycles. The van der Waals surface area contributed by atoms with Gasteiger partial charge < -0.3 is 15.7 Å². The molecule has 5 nitrogen and oxygen atoms in total. The van der Waals surface area contributed by atoms with Gasteiger partial charge in [-0.15, -0.1) is 0 Å². The van der Waals surface area contributed by atoms with Crippen molar-refractivity contribution in [3.63, 3.8) is 0 Å². The molecule has 3 N–H and O–H groups in total. The third-order valence-corrected chi connectivity index (χ3v) is 1.92. The molecule has 0 saturated carbocycles. The molecule has 0 bridgehead atoms. The summed E-state index contributed by atoms with van der Waals surface area (Å²) in [5.41, 5.74) is -1.15. The lowest BCUT2D eigenvalue weighted by Gasteiger charge is -2.19. The summed E-state index contributed by atoms with van der Waals surface area (Å²) in [6.45, 7) is 0.893. The zero-order valence-electron chi connectivity index (χ0n) is 9.52. The number of rotatable bonds is 6. The Balaban J connectivity index is 3.86. The molecule has 100 valence electrons. The number of halogens is 3. The Kier molecular flexibility index (Phi) is 5.40. The van der Waals surface area contributed by atoms with E-state index in [-0.39, 0.29) is 6.54 Å². The minimum atomic E-state index is -4.37. The van der Waals surface area contributed by atoms with Crippen molar-refractivity contribution >= 4 is 11.9 Å². The van der Waals surface area contributed by atoms with Crippen LogP contribution in [-0.4, -0.2) is 42.8 Å². The van der Waals surface area contributed by atoms with Crippen LogP contribution in [0.15, 0.2) is 0 Å². The molecule has 0 aromatic heterocycles. The Bertz CT molecular complexity index is 290. The third-order valence-electron chi connectivity index (χ3n) is 1.92. The normalized spacial score (nSPS) is 12.3. The van der Waals surface area contributed by atoms with E-state index in [1.807, 2.05) is 5.32 Å². The standard InChI is InChI=1S/C9H15F3N2O3/c1-8(2,7(16)17)4-14-6(15)3-13-5-9(10,11)12/h13H,3-5H2,1-2H3,(H,14,15)(H,16,17). The summed E-state index contributed by atoms with van der Waals surface area (Å²) in [5.74, 6) is -1.77. The zero-order chi connectivity index (χ0) is 13.7. The molecule has 0 aliphatic carbocycles. The number of amides is 1. The van der Waals surface area contributed by atoms with Crippen LogP contribution in [0.3, 0.4) is 0 Å². The maximum Gasteiger partial charge on any atom is 0.401 e. The molecule has 8 heteroatoms. The fourth-order valence-corrected chi connectivity index (χ4v) is 0.775. The first-order valence-corrected chi connectivity index (χ1v) is 4.82. The highest BCUT2D eigenvalue weighted by Crippen LogP contribution is 2.13. The molecule has 1 amide bonds. The van der Waals surface area contributed by atoms with Crippen molar-refractivity contribution in [2.45, 2.75) is 20.0 Å². The van der Waals surface area contributed by atoms with Gasteiger partial charge in [-0.05, 0) is 13.8 Å². The van der Waals surface area contributed by atoms with Gasteiger partial charge in [-0.1, -0.05) is 0 Å².